The van der Waals surface area contributed by atoms with Crippen LogP contribution in [0.15, 0.2) is 46.6 Å². The highest BCUT2D eigenvalue weighted by Crippen LogP contribution is 2.33. The highest BCUT2D eigenvalue weighted by molar-refractivity contribution is 5.90. The van der Waals surface area contributed by atoms with Crippen molar-refractivity contribution in [3.05, 3.63) is 36.4 Å². The summed E-state index contributed by atoms with van der Waals surface area (Å²) in [6.45, 7) is 0. The fraction of sp³-hybridized carbons (Fsp3) is 0.133. The van der Waals surface area contributed by atoms with Crippen LogP contribution in [0.2, 0.25) is 0 Å². The summed E-state index contributed by atoms with van der Waals surface area (Å²) in [5.74, 6) is -0.685. The highest BCUT2D eigenvalue weighted by Gasteiger charge is 2.16. The van der Waals surface area contributed by atoms with Crippen molar-refractivity contribution in [3.63, 3.8) is 0 Å². The van der Waals surface area contributed by atoms with Gasteiger partial charge in [0.2, 0.25) is 0 Å². The Bertz CT molecular complexity index is 794. The minimum Gasteiger partial charge on any atom is -0.504 e. The molecule has 0 atom stereocenters. The van der Waals surface area contributed by atoms with Gasteiger partial charge in [-0.05, 0) is 12.1 Å². The van der Waals surface area contributed by atoms with Crippen LogP contribution in [0.3, 0.4) is 0 Å². The van der Waals surface area contributed by atoms with E-state index in [4.69, 9.17) is 0 Å². The molecule has 0 fully saturated rings. The first-order chi connectivity index (χ1) is 12.0. The van der Waals surface area contributed by atoms with E-state index in [0.29, 0.717) is 5.69 Å². The lowest BCUT2D eigenvalue weighted by Gasteiger charge is -2.10. The van der Waals surface area contributed by atoms with Crippen LogP contribution in [-0.2, 0) is 9.47 Å². The average Bonchev–Trinajstić information content (AvgIpc) is 2.63. The van der Waals surface area contributed by atoms with Gasteiger partial charge in [0.15, 0.2) is 17.4 Å². The van der Waals surface area contributed by atoms with Gasteiger partial charge in [0, 0.05) is 6.07 Å². The minimum absolute atomic E-state index is 0.0576. The van der Waals surface area contributed by atoms with Gasteiger partial charge < -0.3 is 14.6 Å². The number of carbonyl (C=O) groups excluding carboxylic acids is 2. The first-order valence-corrected chi connectivity index (χ1v) is 6.94. The van der Waals surface area contributed by atoms with Gasteiger partial charge in [0.25, 0.3) is 0 Å². The SMILES string of the molecule is COC(=O)Nc1nc(NC(=O)OC)c(N=Nc2ccccc2)cc1O. The Balaban J connectivity index is 2.39. The molecule has 0 aliphatic carbocycles. The maximum atomic E-state index is 11.5. The number of amides is 2. The van der Waals surface area contributed by atoms with Gasteiger partial charge in [0.1, 0.15) is 5.69 Å². The predicted molar refractivity (Wildman–Crippen MR) is 88.6 cm³/mol. The molecule has 0 saturated carbocycles. The van der Waals surface area contributed by atoms with Crippen molar-refractivity contribution < 1.29 is 24.2 Å². The standard InChI is InChI=1S/C15H15N5O5/c1-24-14(22)17-12-10(20-19-9-6-4-3-5-7-9)8-11(21)13(16-12)18-15(23)25-2/h3-8,21H,1-2H3,(H2,16,17,18,22,23). The molecule has 0 saturated heterocycles. The summed E-state index contributed by atoms with van der Waals surface area (Å²) in [6.07, 6.45) is -1.65. The number of benzene rings is 1. The van der Waals surface area contributed by atoms with Gasteiger partial charge in [0.05, 0.1) is 19.9 Å². The molecule has 3 N–H and O–H groups in total. The number of ether oxygens (including phenoxy) is 2. The van der Waals surface area contributed by atoms with Gasteiger partial charge in [-0.15, -0.1) is 5.11 Å². The Kier molecular flexibility index (Phi) is 5.82. The highest BCUT2D eigenvalue weighted by atomic mass is 16.5. The fourth-order valence-corrected chi connectivity index (χ4v) is 1.65. The lowest BCUT2D eigenvalue weighted by molar-refractivity contribution is 0.186. The molecule has 10 heteroatoms. The van der Waals surface area contributed by atoms with Crippen LogP contribution in [-0.4, -0.2) is 36.5 Å². The second-order valence-electron chi connectivity index (χ2n) is 4.49. The number of pyridine rings is 1. The molecule has 10 nitrogen and oxygen atoms in total. The van der Waals surface area contributed by atoms with E-state index in [2.05, 4.69) is 35.3 Å². The third kappa shape index (κ3) is 4.89. The Morgan fingerprint density at radius 1 is 1.00 bits per heavy atom. The van der Waals surface area contributed by atoms with Gasteiger partial charge >= 0.3 is 12.2 Å². The van der Waals surface area contributed by atoms with Crippen LogP contribution < -0.4 is 10.6 Å². The first kappa shape index (κ1) is 17.7. The molecule has 0 aliphatic heterocycles. The van der Waals surface area contributed by atoms with Crippen molar-refractivity contribution in [1.82, 2.24) is 4.98 Å². The maximum absolute atomic E-state index is 11.5. The Morgan fingerprint density at radius 2 is 1.60 bits per heavy atom. The number of nitrogens with zero attached hydrogens (tertiary/aromatic N) is 3. The average molecular weight is 345 g/mol. The van der Waals surface area contributed by atoms with Crippen molar-refractivity contribution in [2.45, 2.75) is 0 Å². The number of hydrogen-bond donors (Lipinski definition) is 3. The van der Waals surface area contributed by atoms with Crippen molar-refractivity contribution in [1.29, 1.82) is 0 Å². The topological polar surface area (TPSA) is 134 Å². The summed E-state index contributed by atoms with van der Waals surface area (Å²) in [7, 11) is 2.33. The van der Waals surface area contributed by atoms with Crippen molar-refractivity contribution in [2.24, 2.45) is 10.2 Å². The molecule has 1 heterocycles. The summed E-state index contributed by atoms with van der Waals surface area (Å²) in [6, 6.07) is 10.00. The van der Waals surface area contributed by atoms with E-state index in [9.17, 15) is 14.7 Å². The number of aromatic nitrogens is 1. The second-order valence-corrected chi connectivity index (χ2v) is 4.49. The van der Waals surface area contributed by atoms with E-state index in [1.54, 1.807) is 24.3 Å². The molecular weight excluding hydrogens is 330 g/mol. The monoisotopic (exact) mass is 345 g/mol. The number of rotatable bonds is 4. The summed E-state index contributed by atoms with van der Waals surface area (Å²) < 4.78 is 8.94. The molecule has 1 aromatic heterocycles. The molecule has 25 heavy (non-hydrogen) atoms. The van der Waals surface area contributed by atoms with Crippen LogP contribution in [0.4, 0.5) is 32.6 Å². The van der Waals surface area contributed by atoms with Crippen LogP contribution in [0.1, 0.15) is 0 Å². The number of azo groups is 1. The molecule has 0 radical (unpaired) electrons. The molecule has 2 aromatic rings. The van der Waals surface area contributed by atoms with Crippen LogP contribution in [0, 0.1) is 0 Å². The minimum atomic E-state index is -0.842. The molecule has 0 spiro atoms. The molecule has 0 aliphatic rings. The lowest BCUT2D eigenvalue weighted by Crippen LogP contribution is -2.15. The van der Waals surface area contributed by atoms with Crippen molar-refractivity contribution in [2.75, 3.05) is 24.9 Å². The zero-order valence-electron chi connectivity index (χ0n) is 13.4. The van der Waals surface area contributed by atoms with E-state index >= 15 is 0 Å². The molecule has 0 unspecified atom stereocenters. The van der Waals surface area contributed by atoms with E-state index in [1.807, 2.05) is 6.07 Å². The van der Waals surface area contributed by atoms with E-state index in [-0.39, 0.29) is 23.1 Å². The number of anilines is 2. The number of aromatic hydroxyl groups is 1. The zero-order chi connectivity index (χ0) is 18.2. The summed E-state index contributed by atoms with van der Waals surface area (Å²) >= 11 is 0. The van der Waals surface area contributed by atoms with Gasteiger partial charge in [-0.3, -0.25) is 10.6 Å². The Labute approximate surface area is 142 Å². The van der Waals surface area contributed by atoms with Crippen LogP contribution in [0.5, 0.6) is 5.75 Å². The van der Waals surface area contributed by atoms with Gasteiger partial charge in [-0.2, -0.15) is 5.11 Å². The zero-order valence-corrected chi connectivity index (χ0v) is 13.4. The van der Waals surface area contributed by atoms with E-state index < -0.39 is 12.2 Å². The van der Waals surface area contributed by atoms with E-state index in [0.717, 1.165) is 7.11 Å². The second kappa shape index (κ2) is 8.24. The first-order valence-electron chi connectivity index (χ1n) is 6.94. The third-order valence-electron chi connectivity index (χ3n) is 2.82. The van der Waals surface area contributed by atoms with Gasteiger partial charge in [-0.25, -0.2) is 14.6 Å². The summed E-state index contributed by atoms with van der Waals surface area (Å²) in [5.41, 5.74) is 0.616. The number of methoxy groups -OCH3 is 2. The third-order valence-corrected chi connectivity index (χ3v) is 2.82. The Hall–Kier alpha value is -3.69. The molecule has 0 bridgehead atoms. The van der Waals surface area contributed by atoms with E-state index in [1.165, 1.54) is 13.2 Å². The number of hydrogen-bond acceptors (Lipinski definition) is 8. The molecule has 2 rings (SSSR count). The normalized spacial score (nSPS) is 10.3. The van der Waals surface area contributed by atoms with Crippen molar-refractivity contribution >= 4 is 35.2 Å². The summed E-state index contributed by atoms with van der Waals surface area (Å²) in [4.78, 5) is 26.7. The fourth-order valence-electron chi connectivity index (χ4n) is 1.65. The number of carbonyl (C=O) groups is 2. The lowest BCUT2D eigenvalue weighted by atomic mass is 10.3. The molecule has 130 valence electrons. The predicted octanol–water partition coefficient (Wildman–Crippen LogP) is 3.56. The number of nitrogens with one attached hydrogen (secondary N) is 2. The largest absolute Gasteiger partial charge is 0.504 e. The van der Waals surface area contributed by atoms with Crippen LogP contribution in [0.25, 0.3) is 0 Å². The maximum Gasteiger partial charge on any atom is 0.412 e. The molecular formula is C15H15N5O5. The smallest absolute Gasteiger partial charge is 0.412 e. The Morgan fingerprint density at radius 3 is 2.20 bits per heavy atom. The summed E-state index contributed by atoms with van der Waals surface area (Å²) in [5, 5.41) is 22.4. The quantitative estimate of drug-likeness (QED) is 0.725. The molecule has 1 aromatic carbocycles. The molecule has 2 amide bonds. The van der Waals surface area contributed by atoms with Crippen molar-refractivity contribution in [3.8, 4) is 5.75 Å². The van der Waals surface area contributed by atoms with Gasteiger partial charge in [-0.1, -0.05) is 18.2 Å². The van der Waals surface area contributed by atoms with Crippen LogP contribution >= 0.6 is 0 Å².